The van der Waals surface area contributed by atoms with E-state index in [9.17, 15) is 20.2 Å². The lowest BCUT2D eigenvalue weighted by Crippen LogP contribution is -1.99. The van der Waals surface area contributed by atoms with Gasteiger partial charge in [-0.05, 0) is 30.7 Å². The average molecular weight is 288 g/mol. The average Bonchev–Trinajstić information content (AvgIpc) is 2.43. The van der Waals surface area contributed by atoms with E-state index in [-0.39, 0.29) is 17.1 Å². The normalized spacial score (nSPS) is 10.1. The van der Waals surface area contributed by atoms with Crippen molar-refractivity contribution in [3.63, 3.8) is 0 Å². The summed E-state index contributed by atoms with van der Waals surface area (Å²) in [5.74, 6) is 0. The van der Waals surface area contributed by atoms with Gasteiger partial charge in [-0.2, -0.15) is 0 Å². The van der Waals surface area contributed by atoms with Crippen LogP contribution in [0.25, 0.3) is 0 Å². The van der Waals surface area contributed by atoms with Crippen molar-refractivity contribution >= 4 is 28.4 Å². The number of non-ortho nitro benzene ring substituents is 1. The second-order valence-electron chi connectivity index (χ2n) is 4.41. The highest BCUT2D eigenvalue weighted by Crippen LogP contribution is 2.32. The van der Waals surface area contributed by atoms with Gasteiger partial charge < -0.3 is 11.1 Å². The highest BCUT2D eigenvalue weighted by Gasteiger charge is 2.19. The fourth-order valence-corrected chi connectivity index (χ4v) is 1.76. The minimum atomic E-state index is -0.680. The quantitative estimate of drug-likeness (QED) is 0.506. The maximum atomic E-state index is 11.0. The van der Waals surface area contributed by atoms with Crippen molar-refractivity contribution < 1.29 is 9.85 Å². The Morgan fingerprint density at radius 1 is 1.05 bits per heavy atom. The van der Waals surface area contributed by atoms with E-state index < -0.39 is 9.85 Å². The molecule has 0 aliphatic heterocycles. The molecule has 3 N–H and O–H groups in total. The van der Waals surface area contributed by atoms with Crippen molar-refractivity contribution in [2.75, 3.05) is 11.1 Å². The van der Waals surface area contributed by atoms with Crippen molar-refractivity contribution in [3.8, 4) is 0 Å². The molecule has 2 aromatic carbocycles. The third-order valence-electron chi connectivity index (χ3n) is 2.95. The molecule has 0 bridgehead atoms. The molecule has 0 spiro atoms. The zero-order chi connectivity index (χ0) is 15.6. The molecule has 2 rings (SSSR count). The van der Waals surface area contributed by atoms with Gasteiger partial charge in [-0.25, -0.2) is 0 Å². The van der Waals surface area contributed by atoms with Crippen LogP contribution in [0.4, 0.5) is 28.4 Å². The monoisotopic (exact) mass is 288 g/mol. The van der Waals surface area contributed by atoms with Crippen LogP contribution < -0.4 is 11.1 Å². The molecule has 0 saturated heterocycles. The maximum absolute atomic E-state index is 11.0. The molecule has 0 fully saturated rings. The second kappa shape index (κ2) is 5.45. The summed E-state index contributed by atoms with van der Waals surface area (Å²) >= 11 is 0. The van der Waals surface area contributed by atoms with Crippen molar-refractivity contribution in [1.29, 1.82) is 0 Å². The predicted octanol–water partition coefficient (Wildman–Crippen LogP) is 3.14. The predicted molar refractivity (Wildman–Crippen MR) is 78.6 cm³/mol. The van der Waals surface area contributed by atoms with Crippen LogP contribution in [0.5, 0.6) is 0 Å². The summed E-state index contributed by atoms with van der Waals surface area (Å²) in [6.45, 7) is 1.84. The third-order valence-corrected chi connectivity index (χ3v) is 2.95. The minimum Gasteiger partial charge on any atom is -0.398 e. The molecule has 21 heavy (non-hydrogen) atoms. The number of nitrogens with one attached hydrogen (secondary N) is 1. The Morgan fingerprint density at radius 2 is 1.76 bits per heavy atom. The molecule has 0 radical (unpaired) electrons. The fourth-order valence-electron chi connectivity index (χ4n) is 1.76. The number of nitro groups is 2. The first-order valence-electron chi connectivity index (χ1n) is 5.94. The number of nitrogens with zero attached hydrogens (tertiary/aromatic N) is 2. The lowest BCUT2D eigenvalue weighted by molar-refractivity contribution is -0.393. The van der Waals surface area contributed by atoms with Gasteiger partial charge in [0.25, 0.3) is 11.4 Å². The third kappa shape index (κ3) is 3.06. The summed E-state index contributed by atoms with van der Waals surface area (Å²) in [7, 11) is 0. The van der Waals surface area contributed by atoms with E-state index in [1.807, 2.05) is 6.92 Å². The minimum absolute atomic E-state index is 0.161. The molecule has 0 heterocycles. The standard InChI is InChI=1S/C13H12N4O4/c1-8-2-3-9(6-11(8)14)15-12-5-4-10(16(18)19)7-13(12)17(20)21/h2-7,15H,14H2,1H3. The number of nitrogen functional groups attached to an aromatic ring is 1. The summed E-state index contributed by atoms with van der Waals surface area (Å²) < 4.78 is 0. The van der Waals surface area contributed by atoms with Gasteiger partial charge in [0.1, 0.15) is 5.69 Å². The first-order valence-corrected chi connectivity index (χ1v) is 5.94. The Bertz CT molecular complexity index is 730. The fraction of sp³-hybridized carbons (Fsp3) is 0.0769. The summed E-state index contributed by atoms with van der Waals surface area (Å²) in [6.07, 6.45) is 0. The lowest BCUT2D eigenvalue weighted by Gasteiger charge is -2.09. The Labute approximate surface area is 119 Å². The highest BCUT2D eigenvalue weighted by molar-refractivity contribution is 5.73. The smallest absolute Gasteiger partial charge is 0.299 e. The van der Waals surface area contributed by atoms with Crippen LogP contribution in [-0.2, 0) is 0 Å². The van der Waals surface area contributed by atoms with Gasteiger partial charge >= 0.3 is 0 Å². The maximum Gasteiger partial charge on any atom is 0.299 e. The molecule has 2 aromatic rings. The van der Waals surface area contributed by atoms with Gasteiger partial charge in [-0.3, -0.25) is 20.2 Å². The molecule has 0 amide bonds. The highest BCUT2D eigenvalue weighted by atomic mass is 16.6. The Kier molecular flexibility index (Phi) is 3.70. The number of aryl methyl sites for hydroxylation is 1. The number of anilines is 3. The summed E-state index contributed by atoms with van der Waals surface area (Å²) in [5.41, 5.74) is 7.22. The topological polar surface area (TPSA) is 124 Å². The van der Waals surface area contributed by atoms with Crippen LogP contribution in [0.1, 0.15) is 5.56 Å². The molecule has 0 aliphatic carbocycles. The molecule has 8 heteroatoms. The van der Waals surface area contributed by atoms with Crippen LogP contribution in [0, 0.1) is 27.2 Å². The molecule has 108 valence electrons. The van der Waals surface area contributed by atoms with E-state index in [0.29, 0.717) is 11.4 Å². The largest absolute Gasteiger partial charge is 0.398 e. The summed E-state index contributed by atoms with van der Waals surface area (Å²) in [5, 5.41) is 24.5. The molecular weight excluding hydrogens is 276 g/mol. The SMILES string of the molecule is Cc1ccc(Nc2ccc([N+](=O)[O-])cc2[N+](=O)[O-])cc1N. The number of hydrogen-bond acceptors (Lipinski definition) is 6. The van der Waals surface area contributed by atoms with E-state index in [2.05, 4.69) is 5.32 Å². The van der Waals surface area contributed by atoms with Gasteiger partial charge in [0.15, 0.2) is 0 Å². The number of rotatable bonds is 4. The zero-order valence-electron chi connectivity index (χ0n) is 11.1. The Balaban J connectivity index is 2.41. The van der Waals surface area contributed by atoms with Crippen LogP contribution >= 0.6 is 0 Å². The van der Waals surface area contributed by atoms with Crippen molar-refractivity contribution in [1.82, 2.24) is 0 Å². The molecule has 8 nitrogen and oxygen atoms in total. The van der Waals surface area contributed by atoms with Crippen molar-refractivity contribution in [2.24, 2.45) is 0 Å². The first-order chi connectivity index (χ1) is 9.88. The molecule has 0 aromatic heterocycles. The first kappa shape index (κ1) is 14.3. The number of benzene rings is 2. The van der Waals surface area contributed by atoms with E-state index in [1.165, 1.54) is 12.1 Å². The van der Waals surface area contributed by atoms with Crippen molar-refractivity contribution in [3.05, 3.63) is 62.2 Å². The van der Waals surface area contributed by atoms with Gasteiger partial charge in [0, 0.05) is 17.4 Å². The zero-order valence-corrected chi connectivity index (χ0v) is 11.1. The number of hydrogen-bond donors (Lipinski definition) is 2. The van der Waals surface area contributed by atoms with E-state index >= 15 is 0 Å². The van der Waals surface area contributed by atoms with Gasteiger partial charge in [0.2, 0.25) is 0 Å². The number of nitro benzene ring substituents is 2. The molecule has 0 aliphatic rings. The molecule has 0 atom stereocenters. The lowest BCUT2D eigenvalue weighted by atomic mass is 10.1. The van der Waals surface area contributed by atoms with Crippen molar-refractivity contribution in [2.45, 2.75) is 6.92 Å². The van der Waals surface area contributed by atoms with E-state index in [1.54, 1.807) is 18.2 Å². The van der Waals surface area contributed by atoms with Crippen LogP contribution in [0.15, 0.2) is 36.4 Å². The van der Waals surface area contributed by atoms with Gasteiger partial charge in [0.05, 0.1) is 15.9 Å². The van der Waals surface area contributed by atoms with Crippen LogP contribution in [-0.4, -0.2) is 9.85 Å². The summed E-state index contributed by atoms with van der Waals surface area (Å²) in [6, 6.07) is 8.55. The molecular formula is C13H12N4O4. The van der Waals surface area contributed by atoms with Gasteiger partial charge in [-0.1, -0.05) is 6.07 Å². The Morgan fingerprint density at radius 3 is 2.33 bits per heavy atom. The van der Waals surface area contributed by atoms with Crippen LogP contribution in [0.2, 0.25) is 0 Å². The molecule has 0 unspecified atom stereocenters. The summed E-state index contributed by atoms with van der Waals surface area (Å²) in [4.78, 5) is 20.3. The van der Waals surface area contributed by atoms with E-state index in [0.717, 1.165) is 11.6 Å². The second-order valence-corrected chi connectivity index (χ2v) is 4.41. The Hall–Kier alpha value is -3.16. The molecule has 0 saturated carbocycles. The van der Waals surface area contributed by atoms with Gasteiger partial charge in [-0.15, -0.1) is 0 Å². The van der Waals surface area contributed by atoms with E-state index in [4.69, 9.17) is 5.73 Å². The van der Waals surface area contributed by atoms with Crippen LogP contribution in [0.3, 0.4) is 0 Å². The number of nitrogens with two attached hydrogens (primary N) is 1.